The van der Waals surface area contributed by atoms with Gasteiger partial charge in [-0.2, -0.15) is 0 Å². The van der Waals surface area contributed by atoms with Crippen LogP contribution in [-0.4, -0.2) is 54.9 Å². The molecule has 0 unspecified atom stereocenters. The van der Waals surface area contributed by atoms with Gasteiger partial charge in [-0.25, -0.2) is 0 Å². The third kappa shape index (κ3) is 5.56. The Labute approximate surface area is 173 Å². The van der Waals surface area contributed by atoms with Crippen molar-refractivity contribution in [2.24, 2.45) is 11.3 Å². The van der Waals surface area contributed by atoms with E-state index in [1.807, 2.05) is 18.2 Å². The van der Waals surface area contributed by atoms with Crippen molar-refractivity contribution in [3.05, 3.63) is 30.1 Å². The van der Waals surface area contributed by atoms with Crippen LogP contribution in [0.5, 0.6) is 0 Å². The predicted molar refractivity (Wildman–Crippen MR) is 110 cm³/mol. The highest BCUT2D eigenvalue weighted by Gasteiger charge is 2.49. The molecule has 2 heterocycles. The number of rotatable bonds is 6. The number of carbonyl (C=O) groups is 2. The average molecular weight is 417 g/mol. The van der Waals surface area contributed by atoms with Gasteiger partial charge in [0.25, 0.3) is 0 Å². The summed E-state index contributed by atoms with van der Waals surface area (Å²) in [6.07, 6.45) is 6.82. The lowest BCUT2D eigenvalue weighted by Gasteiger charge is -2.37. The summed E-state index contributed by atoms with van der Waals surface area (Å²) in [4.78, 5) is 31.0. The third-order valence-corrected chi connectivity index (χ3v) is 5.75. The summed E-state index contributed by atoms with van der Waals surface area (Å²) in [7, 11) is 1.77. The molecule has 1 aromatic rings. The minimum atomic E-state index is -0.301. The summed E-state index contributed by atoms with van der Waals surface area (Å²) >= 11 is 0. The number of hydrogen-bond acceptors (Lipinski definition) is 4. The van der Waals surface area contributed by atoms with E-state index in [0.29, 0.717) is 18.9 Å². The molecule has 3 rings (SSSR count). The fraction of sp³-hybridized carbons (Fsp3) is 0.632. The molecule has 1 aliphatic carbocycles. The van der Waals surface area contributed by atoms with Crippen molar-refractivity contribution < 1.29 is 9.59 Å². The second-order valence-corrected chi connectivity index (χ2v) is 7.30. The summed E-state index contributed by atoms with van der Waals surface area (Å²) in [5, 5.41) is 6.28. The second kappa shape index (κ2) is 10.8. The van der Waals surface area contributed by atoms with Crippen molar-refractivity contribution in [3.63, 3.8) is 0 Å². The molecule has 2 aliphatic rings. The van der Waals surface area contributed by atoms with Gasteiger partial charge in [0.15, 0.2) is 0 Å². The lowest BCUT2D eigenvalue weighted by Crippen LogP contribution is -2.50. The van der Waals surface area contributed by atoms with Gasteiger partial charge in [0.1, 0.15) is 0 Å². The van der Waals surface area contributed by atoms with E-state index in [1.54, 1.807) is 18.1 Å². The molecule has 6 nitrogen and oxygen atoms in total. The molecular weight excluding hydrogens is 387 g/mol. The Morgan fingerprint density at radius 2 is 2.15 bits per heavy atom. The van der Waals surface area contributed by atoms with Gasteiger partial charge in [-0.15, -0.1) is 24.8 Å². The van der Waals surface area contributed by atoms with Gasteiger partial charge in [0.2, 0.25) is 11.8 Å². The monoisotopic (exact) mass is 416 g/mol. The maximum Gasteiger partial charge on any atom is 0.241 e. The van der Waals surface area contributed by atoms with Crippen molar-refractivity contribution in [1.29, 1.82) is 0 Å². The van der Waals surface area contributed by atoms with Crippen LogP contribution in [0.15, 0.2) is 24.4 Å². The molecule has 0 spiro atoms. The number of pyridine rings is 1. The number of hydrogen-bond donors (Lipinski definition) is 2. The molecule has 2 atom stereocenters. The standard InChI is InChI=1S/C19H28N4O2.2ClH/c1-23(11-8-16-7-3-5-10-21-16)17(24)13-22-18(25)19-9-4-2-6-15(19)12-20-14-19;;/h3,5,7,10,15,20H,2,4,6,8-9,11-14H2,1H3,(H,22,25);2*1H/t15-,19+;;/m0../s1. The van der Waals surface area contributed by atoms with Gasteiger partial charge in [-0.1, -0.05) is 18.9 Å². The molecule has 2 amide bonds. The highest BCUT2D eigenvalue weighted by Crippen LogP contribution is 2.43. The Morgan fingerprint density at radius 3 is 2.89 bits per heavy atom. The summed E-state index contributed by atoms with van der Waals surface area (Å²) in [6.45, 7) is 2.34. The first-order chi connectivity index (χ1) is 12.1. The highest BCUT2D eigenvalue weighted by atomic mass is 35.5. The molecule has 1 saturated heterocycles. The van der Waals surface area contributed by atoms with E-state index in [2.05, 4.69) is 15.6 Å². The molecule has 2 fully saturated rings. The van der Waals surface area contributed by atoms with Crippen LogP contribution in [0, 0.1) is 11.3 Å². The highest BCUT2D eigenvalue weighted by molar-refractivity contribution is 5.88. The predicted octanol–water partition coefficient (Wildman–Crippen LogP) is 1.82. The number of amides is 2. The summed E-state index contributed by atoms with van der Waals surface area (Å²) in [5.74, 6) is 0.408. The SMILES string of the molecule is CN(CCc1ccccn1)C(=O)CNC(=O)[C@@]12CCCC[C@H]1CNC2.Cl.Cl. The Hall–Kier alpha value is -1.37. The minimum absolute atomic E-state index is 0. The smallest absolute Gasteiger partial charge is 0.241 e. The van der Waals surface area contributed by atoms with Crippen molar-refractivity contribution in [2.75, 3.05) is 33.2 Å². The van der Waals surface area contributed by atoms with E-state index < -0.39 is 0 Å². The normalized spacial score (nSPS) is 23.4. The lowest BCUT2D eigenvalue weighted by atomic mass is 9.67. The number of aromatic nitrogens is 1. The molecule has 2 N–H and O–H groups in total. The van der Waals surface area contributed by atoms with Crippen molar-refractivity contribution in [2.45, 2.75) is 32.1 Å². The summed E-state index contributed by atoms with van der Waals surface area (Å²) < 4.78 is 0. The molecule has 152 valence electrons. The molecule has 27 heavy (non-hydrogen) atoms. The maximum absolute atomic E-state index is 12.8. The number of likely N-dealkylation sites (N-methyl/N-ethyl adjacent to an activating group) is 1. The Kier molecular flexibility index (Phi) is 9.50. The Morgan fingerprint density at radius 1 is 1.33 bits per heavy atom. The van der Waals surface area contributed by atoms with E-state index in [9.17, 15) is 9.59 Å². The van der Waals surface area contributed by atoms with Crippen LogP contribution >= 0.6 is 24.8 Å². The van der Waals surface area contributed by atoms with Crippen LogP contribution in [0.4, 0.5) is 0 Å². The van der Waals surface area contributed by atoms with Crippen LogP contribution in [-0.2, 0) is 16.0 Å². The zero-order valence-electron chi connectivity index (χ0n) is 15.8. The van der Waals surface area contributed by atoms with Crippen LogP contribution < -0.4 is 10.6 Å². The van der Waals surface area contributed by atoms with E-state index in [1.165, 1.54) is 6.42 Å². The van der Waals surface area contributed by atoms with E-state index in [-0.39, 0.29) is 48.6 Å². The Bertz CT molecular complexity index is 617. The van der Waals surface area contributed by atoms with Gasteiger partial charge in [0.05, 0.1) is 12.0 Å². The van der Waals surface area contributed by atoms with E-state index >= 15 is 0 Å². The van der Waals surface area contributed by atoms with Crippen molar-refractivity contribution in [1.82, 2.24) is 20.5 Å². The van der Waals surface area contributed by atoms with Gasteiger partial charge in [-0.05, 0) is 37.4 Å². The number of halogens is 2. The largest absolute Gasteiger partial charge is 0.346 e. The Balaban J connectivity index is 0.00000182. The molecule has 0 bridgehead atoms. The fourth-order valence-electron chi connectivity index (χ4n) is 4.11. The number of nitrogens with zero attached hydrogens (tertiary/aromatic N) is 2. The number of nitrogens with one attached hydrogen (secondary N) is 2. The van der Waals surface area contributed by atoms with Crippen LogP contribution in [0.25, 0.3) is 0 Å². The van der Waals surface area contributed by atoms with Gasteiger partial charge in [0, 0.05) is 38.4 Å². The number of carbonyl (C=O) groups excluding carboxylic acids is 2. The summed E-state index contributed by atoms with van der Waals surface area (Å²) in [5.41, 5.74) is 0.664. The molecule has 0 aromatic carbocycles. The fourth-order valence-corrected chi connectivity index (χ4v) is 4.11. The van der Waals surface area contributed by atoms with E-state index in [4.69, 9.17) is 0 Å². The molecule has 0 radical (unpaired) electrons. The van der Waals surface area contributed by atoms with Gasteiger partial charge < -0.3 is 15.5 Å². The number of fused-ring (bicyclic) bond motifs is 1. The molecule has 8 heteroatoms. The lowest BCUT2D eigenvalue weighted by molar-refractivity contribution is -0.137. The molecule has 1 saturated carbocycles. The second-order valence-electron chi connectivity index (χ2n) is 7.30. The maximum atomic E-state index is 12.8. The van der Waals surface area contributed by atoms with Crippen molar-refractivity contribution >= 4 is 36.6 Å². The zero-order chi connectivity index (χ0) is 17.7. The first kappa shape index (κ1) is 23.7. The topological polar surface area (TPSA) is 74.3 Å². The molecule has 1 aromatic heterocycles. The van der Waals surface area contributed by atoms with Crippen molar-refractivity contribution in [3.8, 4) is 0 Å². The zero-order valence-corrected chi connectivity index (χ0v) is 17.4. The quantitative estimate of drug-likeness (QED) is 0.741. The van der Waals surface area contributed by atoms with Crippen LogP contribution in [0.2, 0.25) is 0 Å². The van der Waals surface area contributed by atoms with Gasteiger partial charge in [-0.3, -0.25) is 14.6 Å². The third-order valence-electron chi connectivity index (χ3n) is 5.75. The molecular formula is C19H30Cl2N4O2. The first-order valence-electron chi connectivity index (χ1n) is 9.25. The summed E-state index contributed by atoms with van der Waals surface area (Å²) in [6, 6.07) is 5.78. The van der Waals surface area contributed by atoms with Crippen LogP contribution in [0.3, 0.4) is 0 Å². The van der Waals surface area contributed by atoms with E-state index in [0.717, 1.165) is 38.0 Å². The van der Waals surface area contributed by atoms with Gasteiger partial charge >= 0.3 is 0 Å². The first-order valence-corrected chi connectivity index (χ1v) is 9.25. The van der Waals surface area contributed by atoms with Crippen LogP contribution in [0.1, 0.15) is 31.4 Å². The molecule has 1 aliphatic heterocycles. The minimum Gasteiger partial charge on any atom is -0.346 e. The average Bonchev–Trinajstić information content (AvgIpc) is 3.10.